The van der Waals surface area contributed by atoms with Crippen molar-refractivity contribution in [3.05, 3.63) is 11.1 Å². The highest BCUT2D eigenvalue weighted by Crippen LogP contribution is 2.21. The number of hydrogen-bond acceptors (Lipinski definition) is 6. The maximum absolute atomic E-state index is 10.7. The molecule has 1 aromatic rings. The summed E-state index contributed by atoms with van der Waals surface area (Å²) in [5, 5.41) is 14.3. The molecule has 1 unspecified atom stereocenters. The number of nitrogens with one attached hydrogen (secondary N) is 1. The van der Waals surface area contributed by atoms with Crippen molar-refractivity contribution in [3.8, 4) is 0 Å². The van der Waals surface area contributed by atoms with Gasteiger partial charge in [-0.2, -0.15) is 0 Å². The van der Waals surface area contributed by atoms with E-state index >= 15 is 0 Å². The normalized spacial score (nSPS) is 17.9. The number of nitrogens with two attached hydrogens (primary N) is 1. The van der Waals surface area contributed by atoms with Crippen molar-refractivity contribution in [1.82, 2.24) is 4.98 Å². The molecule has 1 fully saturated rings. The Hall–Kier alpha value is -1.18. The van der Waals surface area contributed by atoms with Crippen LogP contribution >= 0.6 is 11.3 Å². The summed E-state index contributed by atoms with van der Waals surface area (Å²) >= 11 is 1.36. The summed E-state index contributed by atoms with van der Waals surface area (Å²) in [6.45, 7) is 1.32. The van der Waals surface area contributed by atoms with Gasteiger partial charge in [0.2, 0.25) is 0 Å². The lowest BCUT2D eigenvalue weighted by Crippen LogP contribution is -2.21. The van der Waals surface area contributed by atoms with Crippen molar-refractivity contribution in [2.75, 3.05) is 18.5 Å². The molecule has 1 saturated carbocycles. The lowest BCUT2D eigenvalue weighted by molar-refractivity contribution is -0.138. The van der Waals surface area contributed by atoms with E-state index in [0.29, 0.717) is 30.1 Å². The molecule has 0 radical (unpaired) electrons. The number of ether oxygens (including phenoxy) is 1. The monoisotopic (exact) mass is 299 g/mol. The second kappa shape index (κ2) is 7.56. The molecule has 0 bridgehead atoms. The van der Waals surface area contributed by atoms with Crippen LogP contribution in [-0.2, 0) is 9.53 Å². The third-order valence-corrected chi connectivity index (χ3v) is 4.21. The number of aliphatic carboxylic acids is 1. The fraction of sp³-hybridized carbons (Fsp3) is 0.692. The smallest absolute Gasteiger partial charge is 0.326 e. The number of carbonyl (C=O) groups is 1. The van der Waals surface area contributed by atoms with Gasteiger partial charge in [0, 0.05) is 11.9 Å². The van der Waals surface area contributed by atoms with Crippen LogP contribution in [0.2, 0.25) is 0 Å². The third kappa shape index (κ3) is 4.43. The van der Waals surface area contributed by atoms with Gasteiger partial charge in [-0.1, -0.05) is 19.3 Å². The van der Waals surface area contributed by atoms with Gasteiger partial charge in [-0.05, 0) is 12.8 Å². The van der Waals surface area contributed by atoms with Gasteiger partial charge in [-0.15, -0.1) is 11.3 Å². The summed E-state index contributed by atoms with van der Waals surface area (Å²) < 4.78 is 5.79. The average Bonchev–Trinajstić information content (AvgIpc) is 2.92. The fourth-order valence-electron chi connectivity index (χ4n) is 2.25. The predicted octanol–water partition coefficient (Wildman–Crippen LogP) is 1.99. The van der Waals surface area contributed by atoms with Gasteiger partial charge in [0.25, 0.3) is 0 Å². The van der Waals surface area contributed by atoms with E-state index in [0.717, 1.165) is 12.8 Å². The number of nitrogens with zero attached hydrogens (tertiary/aromatic N) is 1. The van der Waals surface area contributed by atoms with E-state index in [9.17, 15) is 4.79 Å². The molecule has 112 valence electrons. The highest BCUT2D eigenvalue weighted by atomic mass is 32.1. The molecule has 7 heteroatoms. The molecule has 0 aromatic carbocycles. The molecule has 6 nitrogen and oxygen atoms in total. The Morgan fingerprint density at radius 3 is 3.00 bits per heavy atom. The highest BCUT2D eigenvalue weighted by molar-refractivity contribution is 7.13. The molecule has 0 amide bonds. The molecular weight excluding hydrogens is 278 g/mol. The number of thiazole rings is 1. The zero-order valence-corrected chi connectivity index (χ0v) is 12.2. The summed E-state index contributed by atoms with van der Waals surface area (Å²) in [4.78, 5) is 14.9. The van der Waals surface area contributed by atoms with Crippen LogP contribution in [0.1, 0.15) is 43.8 Å². The second-order valence-corrected chi connectivity index (χ2v) is 5.81. The zero-order valence-electron chi connectivity index (χ0n) is 11.4. The van der Waals surface area contributed by atoms with E-state index in [-0.39, 0.29) is 0 Å². The van der Waals surface area contributed by atoms with E-state index in [2.05, 4.69) is 10.3 Å². The first-order chi connectivity index (χ1) is 9.66. The van der Waals surface area contributed by atoms with Crippen molar-refractivity contribution < 1.29 is 14.6 Å². The van der Waals surface area contributed by atoms with E-state index in [1.807, 2.05) is 0 Å². The maximum atomic E-state index is 10.7. The van der Waals surface area contributed by atoms with Gasteiger partial charge in [0.15, 0.2) is 5.13 Å². The summed E-state index contributed by atoms with van der Waals surface area (Å²) in [7, 11) is 0. The van der Waals surface area contributed by atoms with E-state index in [4.69, 9.17) is 15.6 Å². The number of carboxylic acid groups (broad SMARTS) is 1. The van der Waals surface area contributed by atoms with Gasteiger partial charge in [-0.25, -0.2) is 4.98 Å². The van der Waals surface area contributed by atoms with Crippen LogP contribution in [0, 0.1) is 0 Å². The molecule has 0 aliphatic heterocycles. The summed E-state index contributed by atoms with van der Waals surface area (Å²) in [5.41, 5.74) is 5.88. The quantitative estimate of drug-likeness (QED) is 0.666. The van der Waals surface area contributed by atoms with Gasteiger partial charge in [0.1, 0.15) is 6.04 Å². The Morgan fingerprint density at radius 1 is 1.55 bits per heavy atom. The Bertz CT molecular complexity index is 432. The van der Waals surface area contributed by atoms with Gasteiger partial charge < -0.3 is 20.9 Å². The van der Waals surface area contributed by atoms with E-state index < -0.39 is 12.0 Å². The third-order valence-electron chi connectivity index (χ3n) is 3.39. The molecule has 1 atom stereocenters. The fourth-order valence-corrected chi connectivity index (χ4v) is 3.03. The minimum atomic E-state index is -1.07. The first-order valence-electron chi connectivity index (χ1n) is 6.96. The first-order valence-corrected chi connectivity index (χ1v) is 7.84. The maximum Gasteiger partial charge on any atom is 0.326 e. The minimum absolute atomic E-state index is 0.387. The SMILES string of the molecule is NC(C(=O)O)c1csc(NCCOC2CCCCC2)n1. The number of carboxylic acids is 1. The van der Waals surface area contributed by atoms with Crippen molar-refractivity contribution in [3.63, 3.8) is 0 Å². The zero-order chi connectivity index (χ0) is 14.4. The molecule has 4 N–H and O–H groups in total. The van der Waals surface area contributed by atoms with Crippen molar-refractivity contribution in [2.24, 2.45) is 5.73 Å². The molecule has 0 saturated heterocycles. The number of rotatable bonds is 7. The number of hydrogen-bond donors (Lipinski definition) is 3. The molecule has 1 aromatic heterocycles. The lowest BCUT2D eigenvalue weighted by Gasteiger charge is -2.21. The molecular formula is C13H21N3O3S. The Morgan fingerprint density at radius 2 is 2.30 bits per heavy atom. The Balaban J connectivity index is 1.67. The molecule has 20 heavy (non-hydrogen) atoms. The summed E-state index contributed by atoms with van der Waals surface area (Å²) in [6.07, 6.45) is 6.58. The molecule has 1 heterocycles. The van der Waals surface area contributed by atoms with Crippen molar-refractivity contribution >= 4 is 22.4 Å². The molecule has 0 spiro atoms. The van der Waals surface area contributed by atoms with Crippen LogP contribution < -0.4 is 11.1 Å². The van der Waals surface area contributed by atoms with Crippen LogP contribution in [0.5, 0.6) is 0 Å². The molecule has 1 aliphatic carbocycles. The number of anilines is 1. The van der Waals surface area contributed by atoms with Gasteiger partial charge >= 0.3 is 5.97 Å². The van der Waals surface area contributed by atoms with E-state index in [1.54, 1.807) is 5.38 Å². The summed E-state index contributed by atoms with van der Waals surface area (Å²) in [6, 6.07) is -1.06. The molecule has 1 aliphatic rings. The van der Waals surface area contributed by atoms with Crippen molar-refractivity contribution in [1.29, 1.82) is 0 Å². The van der Waals surface area contributed by atoms with Gasteiger partial charge in [-0.3, -0.25) is 4.79 Å². The predicted molar refractivity (Wildman–Crippen MR) is 78.0 cm³/mol. The van der Waals surface area contributed by atoms with Crippen LogP contribution in [0.15, 0.2) is 5.38 Å². The van der Waals surface area contributed by atoms with Crippen LogP contribution in [0.3, 0.4) is 0 Å². The second-order valence-electron chi connectivity index (χ2n) is 4.95. The van der Waals surface area contributed by atoms with Crippen LogP contribution in [0.25, 0.3) is 0 Å². The van der Waals surface area contributed by atoms with Crippen molar-refractivity contribution in [2.45, 2.75) is 44.2 Å². The average molecular weight is 299 g/mol. The first kappa shape index (κ1) is 15.2. The Kier molecular flexibility index (Phi) is 5.75. The van der Waals surface area contributed by atoms with E-state index in [1.165, 1.54) is 30.6 Å². The largest absolute Gasteiger partial charge is 0.480 e. The van der Waals surface area contributed by atoms with Crippen LogP contribution in [-0.4, -0.2) is 35.3 Å². The Labute approximate surface area is 122 Å². The van der Waals surface area contributed by atoms with Crippen LogP contribution in [0.4, 0.5) is 5.13 Å². The number of aromatic nitrogens is 1. The summed E-state index contributed by atoms with van der Waals surface area (Å²) in [5.74, 6) is -1.07. The topological polar surface area (TPSA) is 97.5 Å². The standard InChI is InChI=1S/C13H21N3O3S/c14-11(12(17)18)10-8-20-13(16-10)15-6-7-19-9-4-2-1-3-5-9/h8-9,11H,1-7,14H2,(H,15,16)(H,17,18). The highest BCUT2D eigenvalue weighted by Gasteiger charge is 2.17. The lowest BCUT2D eigenvalue weighted by atomic mass is 9.98. The van der Waals surface area contributed by atoms with Gasteiger partial charge in [0.05, 0.1) is 18.4 Å². The minimum Gasteiger partial charge on any atom is -0.480 e. The molecule has 2 rings (SSSR count).